The van der Waals surface area contributed by atoms with Gasteiger partial charge in [-0.3, -0.25) is 4.79 Å². The van der Waals surface area contributed by atoms with Gasteiger partial charge in [-0.25, -0.2) is 4.79 Å². The van der Waals surface area contributed by atoms with Crippen LogP contribution in [-0.4, -0.2) is 30.3 Å². The van der Waals surface area contributed by atoms with Gasteiger partial charge in [0.15, 0.2) is 0 Å². The normalized spacial score (nSPS) is 14.8. The third kappa shape index (κ3) is 4.39. The molecule has 6 nitrogen and oxygen atoms in total. The molecule has 5 rings (SSSR count). The van der Waals surface area contributed by atoms with E-state index in [4.69, 9.17) is 21.1 Å². The van der Waals surface area contributed by atoms with Gasteiger partial charge in [-0.2, -0.15) is 0 Å². The van der Waals surface area contributed by atoms with E-state index in [1.165, 1.54) is 16.9 Å². The number of amides is 1. The average Bonchev–Trinajstić information content (AvgIpc) is 3.43. The topological polar surface area (TPSA) is 80.4 Å². The van der Waals surface area contributed by atoms with Crippen LogP contribution in [0, 0.1) is 0 Å². The zero-order valence-corrected chi connectivity index (χ0v) is 21.7. The largest absolute Gasteiger partial charge is 0.496 e. The van der Waals surface area contributed by atoms with Crippen LogP contribution < -0.4 is 15.6 Å². The number of H-pyrrole nitrogens is 1. The molecule has 1 saturated carbocycles. The fourth-order valence-electron chi connectivity index (χ4n) is 4.58. The molecule has 4 aromatic rings. The number of aromatic nitrogens is 1. The number of fused-ring (bicyclic) bond motifs is 3. The number of rotatable bonds is 5. The van der Waals surface area contributed by atoms with E-state index in [-0.39, 0.29) is 11.0 Å². The minimum Gasteiger partial charge on any atom is -0.496 e. The molecular formula is C27H27ClN2O4S. The van der Waals surface area contributed by atoms with Gasteiger partial charge in [0.25, 0.3) is 5.56 Å². The fourth-order valence-corrected chi connectivity index (χ4v) is 5.62. The second-order valence-electron chi connectivity index (χ2n) is 10.0. The molecule has 1 amide bonds. The first kappa shape index (κ1) is 23.7. The van der Waals surface area contributed by atoms with Crippen molar-refractivity contribution in [2.75, 3.05) is 13.7 Å². The molecule has 2 aromatic heterocycles. The van der Waals surface area contributed by atoms with Crippen LogP contribution in [0.15, 0.2) is 46.6 Å². The summed E-state index contributed by atoms with van der Waals surface area (Å²) in [5, 5.41) is 7.00. The zero-order chi connectivity index (χ0) is 25.0. The first-order chi connectivity index (χ1) is 16.6. The summed E-state index contributed by atoms with van der Waals surface area (Å²) in [6, 6.07) is 12.0. The lowest BCUT2D eigenvalue weighted by atomic mass is 9.92. The van der Waals surface area contributed by atoms with Gasteiger partial charge in [-0.15, -0.1) is 11.3 Å². The number of hydrogen-bond acceptors (Lipinski definition) is 5. The Labute approximate surface area is 212 Å². The monoisotopic (exact) mass is 510 g/mol. The lowest BCUT2D eigenvalue weighted by Gasteiger charge is -2.22. The number of halogens is 1. The van der Waals surface area contributed by atoms with Crippen molar-refractivity contribution < 1.29 is 14.3 Å². The summed E-state index contributed by atoms with van der Waals surface area (Å²) in [5.41, 5.74) is 2.86. The van der Waals surface area contributed by atoms with E-state index in [2.05, 4.69) is 34.6 Å². The van der Waals surface area contributed by atoms with Crippen molar-refractivity contribution >= 4 is 50.0 Å². The fraction of sp³-hybridized carbons (Fsp3) is 0.333. The molecular weight excluding hydrogens is 484 g/mol. The van der Waals surface area contributed by atoms with E-state index in [1.807, 2.05) is 32.2 Å². The Morgan fingerprint density at radius 2 is 1.91 bits per heavy atom. The molecule has 0 spiro atoms. The van der Waals surface area contributed by atoms with Gasteiger partial charge in [0.2, 0.25) is 0 Å². The average molecular weight is 511 g/mol. The number of carbonyl (C=O) groups is 1. The van der Waals surface area contributed by atoms with Gasteiger partial charge in [-0.1, -0.05) is 35.9 Å². The molecule has 2 heterocycles. The summed E-state index contributed by atoms with van der Waals surface area (Å²) < 4.78 is 11.8. The summed E-state index contributed by atoms with van der Waals surface area (Å²) in [4.78, 5) is 27.7. The van der Waals surface area contributed by atoms with Gasteiger partial charge in [0.05, 0.1) is 17.6 Å². The number of alkyl carbamates (subject to hydrolysis) is 1. The van der Waals surface area contributed by atoms with E-state index in [0.29, 0.717) is 27.5 Å². The van der Waals surface area contributed by atoms with Crippen molar-refractivity contribution in [1.82, 2.24) is 10.3 Å². The molecule has 0 aliphatic heterocycles. The van der Waals surface area contributed by atoms with E-state index >= 15 is 0 Å². The highest BCUT2D eigenvalue weighted by atomic mass is 35.5. The highest BCUT2D eigenvalue weighted by Crippen LogP contribution is 2.49. The number of carbonyl (C=O) groups excluding carboxylic acids is 1. The van der Waals surface area contributed by atoms with Crippen molar-refractivity contribution in [2.45, 2.75) is 44.6 Å². The molecule has 182 valence electrons. The molecule has 0 bridgehead atoms. The summed E-state index contributed by atoms with van der Waals surface area (Å²) in [6.07, 6.45) is 1.62. The number of thiophene rings is 1. The lowest BCUT2D eigenvalue weighted by Crippen LogP contribution is -2.37. The van der Waals surface area contributed by atoms with E-state index in [1.54, 1.807) is 13.2 Å². The Morgan fingerprint density at radius 1 is 1.20 bits per heavy atom. The molecule has 0 unspecified atom stereocenters. The number of hydrogen-bond donors (Lipinski definition) is 2. The lowest BCUT2D eigenvalue weighted by molar-refractivity contribution is 0.0522. The third-order valence-electron chi connectivity index (χ3n) is 6.45. The number of pyridine rings is 1. The number of ether oxygens (including phenoxy) is 2. The Morgan fingerprint density at radius 3 is 2.54 bits per heavy atom. The van der Waals surface area contributed by atoms with Crippen LogP contribution in [-0.2, 0) is 10.2 Å². The molecule has 0 saturated heterocycles. The van der Waals surface area contributed by atoms with Crippen LogP contribution in [0.4, 0.5) is 4.79 Å². The molecule has 8 heteroatoms. The first-order valence-electron chi connectivity index (χ1n) is 11.5. The Balaban J connectivity index is 1.52. The minimum absolute atomic E-state index is 0.0759. The quantitative estimate of drug-likeness (QED) is 0.316. The number of aromatic amines is 1. The van der Waals surface area contributed by atoms with Crippen LogP contribution in [0.2, 0.25) is 5.02 Å². The van der Waals surface area contributed by atoms with Crippen molar-refractivity contribution in [3.8, 4) is 16.9 Å². The summed E-state index contributed by atoms with van der Waals surface area (Å²) in [7, 11) is 1.62. The second kappa shape index (κ2) is 8.57. The molecule has 2 aromatic carbocycles. The smallest absolute Gasteiger partial charge is 0.407 e. The SMILES string of the molecule is COc1cc(Cl)c2[nH]c(=O)c3sccc3c2c1-c1ccc(C2(CNC(=O)OC(C)(C)C)CC2)cc1. The number of nitrogens with one attached hydrogen (secondary N) is 2. The molecule has 0 atom stereocenters. The van der Waals surface area contributed by atoms with E-state index in [9.17, 15) is 9.59 Å². The van der Waals surface area contributed by atoms with Gasteiger partial charge in [0.1, 0.15) is 16.1 Å². The molecule has 1 aliphatic carbocycles. The maximum atomic E-state index is 12.6. The Hall–Kier alpha value is -3.03. The molecule has 0 radical (unpaired) electrons. The maximum Gasteiger partial charge on any atom is 0.407 e. The summed E-state index contributed by atoms with van der Waals surface area (Å²) in [5.74, 6) is 0.641. The summed E-state index contributed by atoms with van der Waals surface area (Å²) in [6.45, 7) is 6.09. The zero-order valence-electron chi connectivity index (χ0n) is 20.1. The number of benzene rings is 2. The number of methoxy groups -OCH3 is 1. The standard InChI is InChI=1S/C27H27ClN2O4S/c1-26(2,3)34-25(32)29-14-27(10-11-27)16-7-5-15(6-8-16)20-19(33-4)13-18(28)22-21(20)17-9-12-35-23(17)24(31)30-22/h5-9,12-13H,10-11,14H2,1-4H3,(H,29,32)(H,30,31). The third-order valence-corrected chi connectivity index (χ3v) is 7.66. The molecule has 1 aliphatic rings. The van der Waals surface area contributed by atoms with Crippen LogP contribution >= 0.6 is 22.9 Å². The first-order valence-corrected chi connectivity index (χ1v) is 12.8. The van der Waals surface area contributed by atoms with Crippen LogP contribution in [0.5, 0.6) is 5.75 Å². The van der Waals surface area contributed by atoms with Crippen molar-refractivity contribution in [2.24, 2.45) is 0 Å². The Kier molecular flexibility index (Phi) is 5.80. The van der Waals surface area contributed by atoms with Crippen LogP contribution in [0.1, 0.15) is 39.2 Å². The van der Waals surface area contributed by atoms with Crippen LogP contribution in [0.25, 0.3) is 32.1 Å². The van der Waals surface area contributed by atoms with Crippen molar-refractivity contribution in [3.05, 3.63) is 62.7 Å². The van der Waals surface area contributed by atoms with Gasteiger partial charge in [-0.05, 0) is 56.2 Å². The van der Waals surface area contributed by atoms with E-state index < -0.39 is 11.7 Å². The van der Waals surface area contributed by atoms with E-state index in [0.717, 1.165) is 34.7 Å². The van der Waals surface area contributed by atoms with Gasteiger partial charge in [0, 0.05) is 34.4 Å². The van der Waals surface area contributed by atoms with Gasteiger partial charge >= 0.3 is 6.09 Å². The Bertz CT molecular complexity index is 1490. The predicted molar refractivity (Wildman–Crippen MR) is 142 cm³/mol. The molecule has 1 fully saturated rings. The van der Waals surface area contributed by atoms with Crippen molar-refractivity contribution in [3.63, 3.8) is 0 Å². The maximum absolute atomic E-state index is 12.6. The minimum atomic E-state index is -0.527. The van der Waals surface area contributed by atoms with Crippen LogP contribution in [0.3, 0.4) is 0 Å². The van der Waals surface area contributed by atoms with Crippen molar-refractivity contribution in [1.29, 1.82) is 0 Å². The van der Waals surface area contributed by atoms with Gasteiger partial charge < -0.3 is 19.8 Å². The molecule has 2 N–H and O–H groups in total. The molecule has 35 heavy (non-hydrogen) atoms. The summed E-state index contributed by atoms with van der Waals surface area (Å²) >= 11 is 7.95. The highest BCUT2D eigenvalue weighted by Gasteiger charge is 2.44. The predicted octanol–water partition coefficient (Wildman–Crippen LogP) is 6.63. The highest BCUT2D eigenvalue weighted by molar-refractivity contribution is 7.17. The second-order valence-corrected chi connectivity index (χ2v) is 11.3.